The van der Waals surface area contributed by atoms with Gasteiger partial charge in [0.1, 0.15) is 0 Å². The number of pyridine rings is 1. The van der Waals surface area contributed by atoms with Crippen molar-refractivity contribution in [1.82, 2.24) is 25.4 Å². The number of benzene rings is 1. The molecular formula is C32H45FN6O3. The lowest BCUT2D eigenvalue weighted by Gasteiger charge is -2.35. The molecule has 1 aliphatic carbocycles. The van der Waals surface area contributed by atoms with Gasteiger partial charge in [0.05, 0.1) is 5.56 Å². The van der Waals surface area contributed by atoms with E-state index in [0.29, 0.717) is 42.9 Å². The maximum absolute atomic E-state index is 13.4. The van der Waals surface area contributed by atoms with Crippen LogP contribution in [0.25, 0.3) is 0 Å². The number of carbonyl (C=O) groups is 2. The van der Waals surface area contributed by atoms with Gasteiger partial charge in [0.15, 0.2) is 0 Å². The van der Waals surface area contributed by atoms with Gasteiger partial charge in [-0.15, -0.1) is 0 Å². The van der Waals surface area contributed by atoms with Crippen molar-refractivity contribution in [3.05, 3.63) is 52.7 Å². The Labute approximate surface area is 248 Å². The van der Waals surface area contributed by atoms with Crippen molar-refractivity contribution in [1.29, 1.82) is 0 Å². The van der Waals surface area contributed by atoms with Crippen molar-refractivity contribution < 1.29 is 19.1 Å². The summed E-state index contributed by atoms with van der Waals surface area (Å²) in [5.41, 5.74) is 3.97. The molecule has 0 atom stereocenters. The Hall–Kier alpha value is -3.24. The van der Waals surface area contributed by atoms with Gasteiger partial charge in [-0.3, -0.25) is 14.5 Å². The second-order valence-electron chi connectivity index (χ2n) is 11.9. The van der Waals surface area contributed by atoms with E-state index >= 15 is 0 Å². The van der Waals surface area contributed by atoms with Gasteiger partial charge in [-0.2, -0.15) is 0 Å². The summed E-state index contributed by atoms with van der Waals surface area (Å²) in [6, 6.07) is 7.82. The van der Waals surface area contributed by atoms with Crippen LogP contribution in [-0.4, -0.2) is 92.0 Å². The third-order valence-electron chi connectivity index (χ3n) is 8.85. The summed E-state index contributed by atoms with van der Waals surface area (Å²) < 4.78 is 13.1. The molecule has 3 saturated heterocycles. The number of carbonyl (C=O) groups excluding carboxylic acids is 2. The molecule has 4 heterocycles. The van der Waals surface area contributed by atoms with Gasteiger partial charge in [-0.1, -0.05) is 19.3 Å². The van der Waals surface area contributed by atoms with Crippen LogP contribution < -0.4 is 20.5 Å². The zero-order valence-corrected chi connectivity index (χ0v) is 24.9. The van der Waals surface area contributed by atoms with Crippen molar-refractivity contribution >= 4 is 17.5 Å². The molecule has 228 valence electrons. The molecule has 1 saturated carbocycles. The third-order valence-corrected chi connectivity index (χ3v) is 8.85. The number of anilines is 1. The average molecular weight is 581 g/mol. The van der Waals surface area contributed by atoms with Crippen LogP contribution in [0.4, 0.5) is 10.2 Å². The van der Waals surface area contributed by atoms with Crippen LogP contribution in [0.1, 0.15) is 82.7 Å². The average Bonchev–Trinajstić information content (AvgIpc) is 3.65. The first kappa shape index (κ1) is 30.2. The summed E-state index contributed by atoms with van der Waals surface area (Å²) in [5.74, 6) is -0.0108. The molecule has 1 aromatic carbocycles. The zero-order valence-electron chi connectivity index (χ0n) is 24.9. The number of halogens is 1. The topological polar surface area (TPSA) is 90.0 Å². The van der Waals surface area contributed by atoms with Crippen LogP contribution in [0.15, 0.2) is 30.5 Å². The minimum atomic E-state index is -0.140. The van der Waals surface area contributed by atoms with Crippen LogP contribution in [0.2, 0.25) is 0 Å². The van der Waals surface area contributed by atoms with Crippen molar-refractivity contribution in [2.75, 3.05) is 70.3 Å². The summed E-state index contributed by atoms with van der Waals surface area (Å²) in [6.07, 6.45) is 9.42. The maximum atomic E-state index is 13.4. The molecule has 42 heavy (non-hydrogen) atoms. The summed E-state index contributed by atoms with van der Waals surface area (Å²) >= 11 is 0. The summed E-state index contributed by atoms with van der Waals surface area (Å²) in [5, 5.41) is 6.58. The lowest BCUT2D eigenvalue weighted by atomic mass is 9.84. The van der Waals surface area contributed by atoms with Gasteiger partial charge in [0.2, 0.25) is 0 Å². The van der Waals surface area contributed by atoms with Gasteiger partial charge >= 0.3 is 0 Å². The fourth-order valence-electron chi connectivity index (χ4n) is 6.45. The monoisotopic (exact) mass is 580 g/mol. The second kappa shape index (κ2) is 14.8. The Morgan fingerprint density at radius 3 is 2.00 bits per heavy atom. The van der Waals surface area contributed by atoms with E-state index in [4.69, 9.17) is 0 Å². The van der Waals surface area contributed by atoms with Crippen LogP contribution in [0, 0.1) is 6.92 Å². The van der Waals surface area contributed by atoms with E-state index in [2.05, 4.69) is 31.5 Å². The number of aromatic nitrogens is 1. The predicted molar refractivity (Wildman–Crippen MR) is 162 cm³/mol. The van der Waals surface area contributed by atoms with Gasteiger partial charge in [0, 0.05) is 79.9 Å². The lowest BCUT2D eigenvalue weighted by molar-refractivity contribution is -0.0137. The van der Waals surface area contributed by atoms with E-state index in [1.54, 1.807) is 11.0 Å². The lowest BCUT2D eigenvalue weighted by Crippen LogP contribution is -2.50. The van der Waals surface area contributed by atoms with E-state index in [1.807, 2.05) is 24.0 Å². The van der Waals surface area contributed by atoms with Gasteiger partial charge < -0.3 is 25.3 Å². The Balaban J connectivity index is 0.000000639. The number of amides is 2. The van der Waals surface area contributed by atoms with Gasteiger partial charge in [-0.25, -0.2) is 4.98 Å². The summed E-state index contributed by atoms with van der Waals surface area (Å²) in [4.78, 5) is 40.7. The third kappa shape index (κ3) is 7.58. The zero-order chi connectivity index (χ0) is 29.3. The van der Waals surface area contributed by atoms with E-state index in [9.17, 15) is 14.1 Å². The van der Waals surface area contributed by atoms with E-state index in [0.717, 1.165) is 63.1 Å². The highest BCUT2D eigenvalue weighted by molar-refractivity contribution is 5.96. The molecule has 0 spiro atoms. The van der Waals surface area contributed by atoms with Crippen molar-refractivity contribution in [3.8, 4) is 5.88 Å². The minimum absolute atomic E-state index is 0.00196. The molecule has 6 rings (SSSR count). The molecular weight excluding hydrogens is 535 g/mol. The Morgan fingerprint density at radius 1 is 0.786 bits per heavy atom. The molecule has 0 radical (unpaired) electrons. The first-order valence-corrected chi connectivity index (χ1v) is 15.7. The molecule has 2 N–H and O–H groups in total. The number of nitrogens with zero attached hydrogens (tertiary/aromatic N) is 4. The fraction of sp³-hybridized carbons (Fsp3) is 0.594. The van der Waals surface area contributed by atoms with Gasteiger partial charge in [0.25, 0.3) is 17.7 Å². The van der Waals surface area contributed by atoms with E-state index < -0.39 is 0 Å². The second-order valence-corrected chi connectivity index (χ2v) is 11.9. The van der Waals surface area contributed by atoms with Gasteiger partial charge in [-0.05, 0) is 81.4 Å². The highest BCUT2D eigenvalue weighted by Gasteiger charge is 2.28. The number of hydrogen-bond donors (Lipinski definition) is 2. The van der Waals surface area contributed by atoms with Crippen LogP contribution in [-0.2, 0) is 0 Å². The summed E-state index contributed by atoms with van der Waals surface area (Å²) in [7, 11) is 0. The fourth-order valence-corrected chi connectivity index (χ4v) is 6.45. The molecule has 2 aromatic rings. The number of rotatable bonds is 5. The molecule has 2 amide bonds. The number of piperazine rings is 2. The molecule has 0 bridgehead atoms. The normalized spacial score (nSPS) is 19.7. The number of aryl methyl sites for hydroxylation is 1. The molecule has 3 aliphatic heterocycles. The molecule has 4 aliphatic rings. The Kier molecular flexibility index (Phi) is 10.6. The highest BCUT2D eigenvalue weighted by atomic mass is 19.3. The molecule has 0 unspecified atom stereocenters. The quantitative estimate of drug-likeness (QED) is 0.551. The molecule has 1 aromatic heterocycles. The summed E-state index contributed by atoms with van der Waals surface area (Å²) in [6.45, 7) is 10.1. The van der Waals surface area contributed by atoms with Crippen molar-refractivity contribution in [2.24, 2.45) is 0 Å². The molecule has 9 nitrogen and oxygen atoms in total. The van der Waals surface area contributed by atoms with Crippen LogP contribution in [0.5, 0.6) is 5.88 Å². The molecule has 4 fully saturated rings. The maximum Gasteiger partial charge on any atom is 0.266 e. The first-order chi connectivity index (χ1) is 20.5. The van der Waals surface area contributed by atoms with Crippen LogP contribution in [0.3, 0.4) is 0 Å². The number of nitrogens with one attached hydrogen (secondary N) is 2. The van der Waals surface area contributed by atoms with E-state index in [1.165, 1.54) is 38.5 Å². The standard InChI is InChI=1S/C28H36FN5O3.C4H9N/c1-20-15-22(17-24(16-20)32-9-7-30-8-10-32)27(35)33-11-13-34(14-12-33)28(36)23-18-25(26(37-29)31-19-23)21-5-3-2-4-6-21;1-2-4-5-3-1/h15-19,21,30H,2-14H2,1H3;5H,1-4H2. The van der Waals surface area contributed by atoms with Crippen molar-refractivity contribution in [2.45, 2.75) is 57.8 Å². The first-order valence-electron chi connectivity index (χ1n) is 15.7. The predicted octanol–water partition coefficient (Wildman–Crippen LogP) is 4.08. The molecule has 10 heteroatoms. The number of hydrogen-bond acceptors (Lipinski definition) is 7. The van der Waals surface area contributed by atoms with E-state index in [-0.39, 0.29) is 23.6 Å². The Morgan fingerprint density at radius 2 is 1.40 bits per heavy atom. The van der Waals surface area contributed by atoms with Crippen LogP contribution >= 0.6 is 0 Å². The minimum Gasteiger partial charge on any atom is -0.369 e. The SMILES string of the molecule is C1CCNC1.Cc1cc(C(=O)N2CCN(C(=O)c3cnc(OF)c(C4CCCCC4)c3)CC2)cc(N2CCNCC2)c1. The Bertz CT molecular complexity index is 1200. The largest absolute Gasteiger partial charge is 0.369 e. The smallest absolute Gasteiger partial charge is 0.266 e. The van der Waals surface area contributed by atoms with Crippen molar-refractivity contribution in [3.63, 3.8) is 0 Å². The highest BCUT2D eigenvalue weighted by Crippen LogP contribution is 2.37.